The Morgan fingerprint density at radius 1 is 1.00 bits per heavy atom. The van der Waals surface area contributed by atoms with Crippen LogP contribution < -0.4 is 0 Å². The van der Waals surface area contributed by atoms with Gasteiger partial charge >= 0.3 is 0 Å². The maximum absolute atomic E-state index is 12.8. The van der Waals surface area contributed by atoms with Crippen LogP contribution in [0.25, 0.3) is 22.0 Å². The van der Waals surface area contributed by atoms with Crippen LogP contribution in [-0.2, 0) is 19.9 Å². The van der Waals surface area contributed by atoms with Gasteiger partial charge in [-0.15, -0.1) is 0 Å². The van der Waals surface area contributed by atoms with Crippen LogP contribution in [0.3, 0.4) is 0 Å². The first-order valence-electron chi connectivity index (χ1n) is 7.73. The second kappa shape index (κ2) is 6.19. The van der Waals surface area contributed by atoms with Gasteiger partial charge in [0.25, 0.3) is 0 Å². The first-order valence-corrected chi connectivity index (χ1v) is 11.1. The molecule has 0 aliphatic heterocycles. The molecule has 0 fully saturated rings. The number of benzene rings is 2. The highest BCUT2D eigenvalue weighted by atomic mass is 32.2. The van der Waals surface area contributed by atoms with Crippen molar-refractivity contribution < 1.29 is 16.8 Å². The SMILES string of the molecule is Cc1cc(-c2c(S(=O)(=O)N(C)C)ccc3[nH]ncc23)ccc1S(C)(=O)=O. The number of hydrogen-bond acceptors (Lipinski definition) is 5. The number of aryl methyl sites for hydroxylation is 1. The monoisotopic (exact) mass is 393 g/mol. The highest BCUT2D eigenvalue weighted by Crippen LogP contribution is 2.36. The molecule has 0 spiro atoms. The Labute approximate surface area is 152 Å². The van der Waals surface area contributed by atoms with Crippen molar-refractivity contribution in [2.24, 2.45) is 0 Å². The van der Waals surface area contributed by atoms with Crippen molar-refractivity contribution in [2.45, 2.75) is 16.7 Å². The van der Waals surface area contributed by atoms with E-state index in [9.17, 15) is 16.8 Å². The Kier molecular flexibility index (Phi) is 4.41. The summed E-state index contributed by atoms with van der Waals surface area (Å²) in [5.74, 6) is 0. The largest absolute Gasteiger partial charge is 0.278 e. The molecular formula is C17H19N3O4S2. The average Bonchev–Trinajstić information content (AvgIpc) is 3.00. The van der Waals surface area contributed by atoms with Crippen LogP contribution in [0.15, 0.2) is 46.3 Å². The first-order chi connectivity index (χ1) is 12.0. The molecule has 3 rings (SSSR count). The molecule has 3 aromatic rings. The Bertz CT molecular complexity index is 1210. The Morgan fingerprint density at radius 3 is 2.23 bits per heavy atom. The minimum absolute atomic E-state index is 0.142. The predicted octanol–water partition coefficient (Wildman–Crippen LogP) is 2.19. The van der Waals surface area contributed by atoms with Crippen molar-refractivity contribution in [2.75, 3.05) is 20.4 Å². The van der Waals surface area contributed by atoms with Gasteiger partial charge in [0.15, 0.2) is 9.84 Å². The fourth-order valence-electron chi connectivity index (χ4n) is 2.93. The van der Waals surface area contributed by atoms with Crippen molar-refractivity contribution in [1.82, 2.24) is 14.5 Å². The van der Waals surface area contributed by atoms with Gasteiger partial charge in [-0.05, 0) is 36.2 Å². The topological polar surface area (TPSA) is 100 Å². The van der Waals surface area contributed by atoms with Crippen molar-refractivity contribution >= 4 is 30.8 Å². The Balaban J connectivity index is 2.38. The van der Waals surface area contributed by atoms with Gasteiger partial charge in [-0.3, -0.25) is 5.10 Å². The number of sulfonamides is 1. The van der Waals surface area contributed by atoms with E-state index >= 15 is 0 Å². The van der Waals surface area contributed by atoms with Crippen LogP contribution in [0.5, 0.6) is 0 Å². The minimum atomic E-state index is -3.70. The highest BCUT2D eigenvalue weighted by molar-refractivity contribution is 7.90. The number of aromatic nitrogens is 2. The van der Waals surface area contributed by atoms with Crippen LogP contribution in [-0.4, -0.2) is 51.7 Å². The Hall–Kier alpha value is -2.23. The number of nitrogens with zero attached hydrogens (tertiary/aromatic N) is 2. The molecule has 2 aromatic carbocycles. The molecule has 1 heterocycles. The standard InChI is InChI=1S/C17H19N3O4S2/c1-11-9-12(5-7-15(11)25(4,21)22)17-13-10-18-19-14(13)6-8-16(17)26(23,24)20(2)3/h5-10H,1-4H3,(H,18,19). The van der Waals surface area contributed by atoms with E-state index in [4.69, 9.17) is 0 Å². The normalized spacial score (nSPS) is 12.8. The molecule has 0 unspecified atom stereocenters. The molecule has 0 amide bonds. The lowest BCUT2D eigenvalue weighted by atomic mass is 10.0. The van der Waals surface area contributed by atoms with Gasteiger partial charge in [0.1, 0.15) is 0 Å². The molecular weight excluding hydrogens is 374 g/mol. The van der Waals surface area contributed by atoms with Crippen molar-refractivity contribution in [3.63, 3.8) is 0 Å². The number of H-pyrrole nitrogens is 1. The summed E-state index contributed by atoms with van der Waals surface area (Å²) in [5, 5.41) is 7.49. The fraction of sp³-hybridized carbons (Fsp3) is 0.235. The van der Waals surface area contributed by atoms with Gasteiger partial charge in [-0.2, -0.15) is 5.10 Å². The lowest BCUT2D eigenvalue weighted by Gasteiger charge is -2.17. The third kappa shape index (κ3) is 3.02. The molecule has 0 saturated carbocycles. The molecule has 138 valence electrons. The van der Waals surface area contributed by atoms with E-state index in [2.05, 4.69) is 10.2 Å². The number of fused-ring (bicyclic) bond motifs is 1. The van der Waals surface area contributed by atoms with E-state index in [1.54, 1.807) is 31.3 Å². The van der Waals surface area contributed by atoms with Gasteiger partial charge in [0.2, 0.25) is 10.0 Å². The van der Waals surface area contributed by atoms with Crippen LogP contribution in [0.1, 0.15) is 5.56 Å². The molecule has 9 heteroatoms. The first kappa shape index (κ1) is 18.6. The zero-order chi connectivity index (χ0) is 19.3. The van der Waals surface area contributed by atoms with Crippen LogP contribution in [0, 0.1) is 6.92 Å². The van der Waals surface area contributed by atoms with Crippen LogP contribution in [0.4, 0.5) is 0 Å². The summed E-state index contributed by atoms with van der Waals surface area (Å²) in [4.78, 5) is 0.362. The molecule has 0 atom stereocenters. The van der Waals surface area contributed by atoms with E-state index in [1.807, 2.05) is 0 Å². The molecule has 0 saturated heterocycles. The number of rotatable bonds is 4. The highest BCUT2D eigenvalue weighted by Gasteiger charge is 2.25. The maximum Gasteiger partial charge on any atom is 0.243 e. The molecule has 1 N–H and O–H groups in total. The fourth-order valence-corrected chi connectivity index (χ4v) is 5.01. The molecule has 7 nitrogen and oxygen atoms in total. The molecule has 1 aromatic heterocycles. The summed E-state index contributed by atoms with van der Waals surface area (Å²) in [6, 6.07) is 8.02. The smallest absolute Gasteiger partial charge is 0.243 e. The number of hydrogen-bond donors (Lipinski definition) is 1. The molecule has 0 bridgehead atoms. The lowest BCUT2D eigenvalue weighted by molar-refractivity contribution is 0.521. The Morgan fingerprint density at radius 2 is 1.65 bits per heavy atom. The lowest BCUT2D eigenvalue weighted by Crippen LogP contribution is -2.22. The van der Waals surface area contributed by atoms with Crippen LogP contribution in [0.2, 0.25) is 0 Å². The molecule has 0 aliphatic carbocycles. The summed E-state index contributed by atoms with van der Waals surface area (Å²) < 4.78 is 50.5. The number of nitrogens with one attached hydrogen (secondary N) is 1. The zero-order valence-electron chi connectivity index (χ0n) is 14.8. The third-order valence-corrected chi connectivity index (χ3v) is 7.32. The summed E-state index contributed by atoms with van der Waals surface area (Å²) >= 11 is 0. The van der Waals surface area contributed by atoms with Gasteiger partial charge in [0.05, 0.1) is 21.5 Å². The van der Waals surface area contributed by atoms with E-state index in [1.165, 1.54) is 26.2 Å². The summed E-state index contributed by atoms with van der Waals surface area (Å²) in [6.45, 7) is 1.69. The van der Waals surface area contributed by atoms with E-state index in [0.29, 0.717) is 27.6 Å². The van der Waals surface area contributed by atoms with Gasteiger partial charge < -0.3 is 0 Å². The molecule has 26 heavy (non-hydrogen) atoms. The number of sulfone groups is 1. The van der Waals surface area contributed by atoms with Crippen LogP contribution >= 0.6 is 0 Å². The average molecular weight is 393 g/mol. The third-order valence-electron chi connectivity index (χ3n) is 4.21. The quantitative estimate of drug-likeness (QED) is 0.732. The van der Waals surface area contributed by atoms with E-state index in [-0.39, 0.29) is 9.79 Å². The molecule has 0 radical (unpaired) electrons. The predicted molar refractivity (Wildman–Crippen MR) is 100 cm³/mol. The van der Waals surface area contributed by atoms with Crippen molar-refractivity contribution in [1.29, 1.82) is 0 Å². The molecule has 0 aliphatic rings. The van der Waals surface area contributed by atoms with Gasteiger partial charge in [-0.1, -0.05) is 12.1 Å². The van der Waals surface area contributed by atoms with Crippen molar-refractivity contribution in [3.8, 4) is 11.1 Å². The van der Waals surface area contributed by atoms with Gasteiger partial charge in [-0.25, -0.2) is 21.1 Å². The van der Waals surface area contributed by atoms with E-state index < -0.39 is 19.9 Å². The van der Waals surface area contributed by atoms with E-state index in [0.717, 1.165) is 10.6 Å². The summed E-state index contributed by atoms with van der Waals surface area (Å²) in [5.41, 5.74) is 2.36. The minimum Gasteiger partial charge on any atom is -0.278 e. The summed E-state index contributed by atoms with van der Waals surface area (Å²) in [6.07, 6.45) is 2.72. The number of aromatic amines is 1. The van der Waals surface area contributed by atoms with Gasteiger partial charge in [0, 0.05) is 31.3 Å². The second-order valence-corrected chi connectivity index (χ2v) is 10.4. The maximum atomic E-state index is 12.8. The summed E-state index contributed by atoms with van der Waals surface area (Å²) in [7, 11) is -4.13. The zero-order valence-corrected chi connectivity index (χ0v) is 16.4. The second-order valence-electron chi connectivity index (χ2n) is 6.31. The van der Waals surface area contributed by atoms with Crippen molar-refractivity contribution in [3.05, 3.63) is 42.1 Å².